The van der Waals surface area contributed by atoms with Gasteiger partial charge in [-0.3, -0.25) is 9.69 Å². The molecule has 1 aromatic rings. The van der Waals surface area contributed by atoms with Crippen molar-refractivity contribution in [1.82, 2.24) is 15.5 Å². The predicted molar refractivity (Wildman–Crippen MR) is 85.4 cm³/mol. The van der Waals surface area contributed by atoms with Crippen LogP contribution in [0.3, 0.4) is 0 Å². The Morgan fingerprint density at radius 3 is 2.73 bits per heavy atom. The van der Waals surface area contributed by atoms with E-state index in [4.69, 9.17) is 9.47 Å². The number of carbonyl (C=O) groups is 1. The zero-order valence-electron chi connectivity index (χ0n) is 13.1. The Kier molecular flexibility index (Phi) is 6.99. The van der Waals surface area contributed by atoms with E-state index in [9.17, 15) is 4.79 Å². The SMILES string of the molecule is COc1ccccc1OCCC(=O)NCCN1CCNCC1. The van der Waals surface area contributed by atoms with Crippen LogP contribution in [0.4, 0.5) is 0 Å². The molecule has 0 radical (unpaired) electrons. The molecule has 1 aliphatic heterocycles. The molecular weight excluding hydrogens is 282 g/mol. The molecule has 1 fully saturated rings. The third kappa shape index (κ3) is 5.54. The molecule has 1 aromatic carbocycles. The van der Waals surface area contributed by atoms with Gasteiger partial charge in [0.15, 0.2) is 11.5 Å². The number of benzene rings is 1. The van der Waals surface area contributed by atoms with Gasteiger partial charge >= 0.3 is 0 Å². The minimum atomic E-state index is 0.0185. The largest absolute Gasteiger partial charge is 0.493 e. The third-order valence-corrected chi connectivity index (χ3v) is 3.62. The van der Waals surface area contributed by atoms with Crippen molar-refractivity contribution in [1.29, 1.82) is 0 Å². The van der Waals surface area contributed by atoms with Gasteiger partial charge in [0.2, 0.25) is 5.91 Å². The van der Waals surface area contributed by atoms with Crippen molar-refractivity contribution in [3.8, 4) is 11.5 Å². The van der Waals surface area contributed by atoms with E-state index in [0.717, 1.165) is 32.7 Å². The van der Waals surface area contributed by atoms with Crippen LogP contribution >= 0.6 is 0 Å². The van der Waals surface area contributed by atoms with Gasteiger partial charge in [0, 0.05) is 39.3 Å². The number of amides is 1. The van der Waals surface area contributed by atoms with Crippen LogP contribution in [-0.4, -0.2) is 63.8 Å². The molecule has 0 aromatic heterocycles. The van der Waals surface area contributed by atoms with Crippen LogP contribution in [0.25, 0.3) is 0 Å². The van der Waals surface area contributed by atoms with Gasteiger partial charge in [-0.05, 0) is 12.1 Å². The summed E-state index contributed by atoms with van der Waals surface area (Å²) in [6.07, 6.45) is 0.347. The Hall–Kier alpha value is -1.79. The number of hydrogen-bond acceptors (Lipinski definition) is 5. The molecule has 1 heterocycles. The molecule has 22 heavy (non-hydrogen) atoms. The molecule has 2 N–H and O–H groups in total. The van der Waals surface area contributed by atoms with Crippen molar-refractivity contribution in [3.05, 3.63) is 24.3 Å². The molecule has 0 atom stereocenters. The Balaban J connectivity index is 1.59. The molecule has 1 amide bonds. The molecule has 6 heteroatoms. The van der Waals surface area contributed by atoms with E-state index in [1.54, 1.807) is 7.11 Å². The van der Waals surface area contributed by atoms with E-state index in [0.29, 0.717) is 31.1 Å². The van der Waals surface area contributed by atoms with Gasteiger partial charge in [0.05, 0.1) is 20.1 Å². The number of nitrogens with one attached hydrogen (secondary N) is 2. The highest BCUT2D eigenvalue weighted by molar-refractivity contribution is 5.75. The lowest BCUT2D eigenvalue weighted by atomic mass is 10.3. The summed E-state index contributed by atoms with van der Waals surface area (Å²) in [6.45, 7) is 6.09. The van der Waals surface area contributed by atoms with Gasteiger partial charge in [0.25, 0.3) is 0 Å². The van der Waals surface area contributed by atoms with Gasteiger partial charge < -0.3 is 20.1 Å². The number of hydrogen-bond donors (Lipinski definition) is 2. The Bertz CT molecular complexity index is 462. The van der Waals surface area contributed by atoms with Gasteiger partial charge in [-0.15, -0.1) is 0 Å². The standard InChI is InChI=1S/C16H25N3O3/c1-21-14-4-2-3-5-15(14)22-13-6-16(20)18-9-12-19-10-7-17-8-11-19/h2-5,17H,6-13H2,1H3,(H,18,20). The highest BCUT2D eigenvalue weighted by Crippen LogP contribution is 2.25. The van der Waals surface area contributed by atoms with Crippen LogP contribution in [0.5, 0.6) is 11.5 Å². The summed E-state index contributed by atoms with van der Waals surface area (Å²) in [5, 5.41) is 6.24. The van der Waals surface area contributed by atoms with Crippen molar-refractivity contribution < 1.29 is 14.3 Å². The maximum absolute atomic E-state index is 11.8. The number of piperazine rings is 1. The Morgan fingerprint density at radius 2 is 2.00 bits per heavy atom. The topological polar surface area (TPSA) is 62.8 Å². The number of para-hydroxylation sites is 2. The summed E-state index contributed by atoms with van der Waals surface area (Å²) in [7, 11) is 1.60. The molecule has 6 nitrogen and oxygen atoms in total. The fourth-order valence-electron chi connectivity index (χ4n) is 2.37. The minimum absolute atomic E-state index is 0.0185. The zero-order valence-corrected chi connectivity index (χ0v) is 13.1. The van der Waals surface area contributed by atoms with E-state index < -0.39 is 0 Å². The predicted octanol–water partition coefficient (Wildman–Crippen LogP) is 0.486. The van der Waals surface area contributed by atoms with Crippen LogP contribution < -0.4 is 20.1 Å². The second-order valence-electron chi connectivity index (χ2n) is 5.19. The summed E-state index contributed by atoms with van der Waals surface area (Å²) in [5.41, 5.74) is 0. The molecule has 0 unspecified atom stereocenters. The van der Waals surface area contributed by atoms with Crippen molar-refractivity contribution in [2.45, 2.75) is 6.42 Å². The summed E-state index contributed by atoms with van der Waals surface area (Å²) >= 11 is 0. The Morgan fingerprint density at radius 1 is 1.27 bits per heavy atom. The summed E-state index contributed by atoms with van der Waals surface area (Å²) < 4.78 is 10.8. The van der Waals surface area contributed by atoms with Crippen molar-refractivity contribution in [3.63, 3.8) is 0 Å². The fourth-order valence-corrected chi connectivity index (χ4v) is 2.37. The van der Waals surface area contributed by atoms with E-state index in [-0.39, 0.29) is 5.91 Å². The molecule has 122 valence electrons. The molecule has 0 saturated carbocycles. The first kappa shape index (κ1) is 16.6. The molecule has 1 saturated heterocycles. The second kappa shape index (κ2) is 9.27. The first-order valence-corrected chi connectivity index (χ1v) is 7.75. The Labute approximate surface area is 131 Å². The average Bonchev–Trinajstić information content (AvgIpc) is 2.56. The lowest BCUT2D eigenvalue weighted by molar-refractivity contribution is -0.121. The van der Waals surface area contributed by atoms with E-state index in [1.807, 2.05) is 24.3 Å². The monoisotopic (exact) mass is 307 g/mol. The first-order chi connectivity index (χ1) is 10.8. The quantitative estimate of drug-likeness (QED) is 0.732. The molecule has 2 rings (SSSR count). The van der Waals surface area contributed by atoms with Gasteiger partial charge in [-0.1, -0.05) is 12.1 Å². The van der Waals surface area contributed by atoms with E-state index in [1.165, 1.54) is 0 Å². The number of ether oxygens (including phenoxy) is 2. The number of rotatable bonds is 8. The van der Waals surface area contributed by atoms with Gasteiger partial charge in [-0.2, -0.15) is 0 Å². The lowest BCUT2D eigenvalue weighted by Gasteiger charge is -2.27. The highest BCUT2D eigenvalue weighted by atomic mass is 16.5. The zero-order chi connectivity index (χ0) is 15.6. The van der Waals surface area contributed by atoms with E-state index in [2.05, 4.69) is 15.5 Å². The van der Waals surface area contributed by atoms with Crippen molar-refractivity contribution in [2.24, 2.45) is 0 Å². The summed E-state index contributed by atoms with van der Waals surface area (Å²) in [5.74, 6) is 1.37. The summed E-state index contributed by atoms with van der Waals surface area (Å²) in [6, 6.07) is 7.43. The first-order valence-electron chi connectivity index (χ1n) is 7.75. The molecule has 0 spiro atoms. The van der Waals surface area contributed by atoms with Crippen LogP contribution in [-0.2, 0) is 4.79 Å². The maximum atomic E-state index is 11.8. The van der Waals surface area contributed by atoms with Gasteiger partial charge in [0.1, 0.15) is 0 Å². The van der Waals surface area contributed by atoms with Crippen molar-refractivity contribution >= 4 is 5.91 Å². The molecular formula is C16H25N3O3. The lowest BCUT2D eigenvalue weighted by Crippen LogP contribution is -2.46. The maximum Gasteiger partial charge on any atom is 0.223 e. The fraction of sp³-hybridized carbons (Fsp3) is 0.562. The normalized spacial score (nSPS) is 15.3. The van der Waals surface area contributed by atoms with Crippen LogP contribution in [0, 0.1) is 0 Å². The third-order valence-electron chi connectivity index (χ3n) is 3.62. The number of nitrogens with zero attached hydrogens (tertiary/aromatic N) is 1. The van der Waals surface area contributed by atoms with E-state index >= 15 is 0 Å². The summed E-state index contributed by atoms with van der Waals surface area (Å²) in [4.78, 5) is 14.1. The second-order valence-corrected chi connectivity index (χ2v) is 5.19. The van der Waals surface area contributed by atoms with Crippen LogP contribution in [0.15, 0.2) is 24.3 Å². The molecule has 0 aliphatic carbocycles. The molecule has 1 aliphatic rings. The minimum Gasteiger partial charge on any atom is -0.493 e. The molecule has 0 bridgehead atoms. The van der Waals surface area contributed by atoms with Crippen LogP contribution in [0.1, 0.15) is 6.42 Å². The van der Waals surface area contributed by atoms with Crippen LogP contribution in [0.2, 0.25) is 0 Å². The van der Waals surface area contributed by atoms with Gasteiger partial charge in [-0.25, -0.2) is 0 Å². The number of methoxy groups -OCH3 is 1. The smallest absolute Gasteiger partial charge is 0.223 e. The van der Waals surface area contributed by atoms with Crippen molar-refractivity contribution in [2.75, 3.05) is 53.0 Å². The number of carbonyl (C=O) groups excluding carboxylic acids is 1. The highest BCUT2D eigenvalue weighted by Gasteiger charge is 2.09. The average molecular weight is 307 g/mol.